The maximum Gasteiger partial charge on any atom is 0.323 e. The monoisotopic (exact) mass is 291 g/mol. The average molecular weight is 291 g/mol. The first kappa shape index (κ1) is 14.5. The molecule has 1 heterocycles. The minimum atomic E-state index is -1.00. The van der Waals surface area contributed by atoms with E-state index >= 15 is 0 Å². The molecule has 1 aromatic heterocycles. The van der Waals surface area contributed by atoms with Crippen LogP contribution in [0.25, 0.3) is 11.3 Å². The van der Waals surface area contributed by atoms with E-state index in [1.165, 1.54) is 10.1 Å². The summed E-state index contributed by atoms with van der Waals surface area (Å²) in [6.45, 7) is 5.72. The molecule has 0 saturated heterocycles. The van der Waals surface area contributed by atoms with Gasteiger partial charge in [0.25, 0.3) is 0 Å². The van der Waals surface area contributed by atoms with E-state index in [0.717, 1.165) is 39.5 Å². The van der Waals surface area contributed by atoms with Gasteiger partial charge in [0.05, 0.1) is 5.69 Å². The number of hydrogen-bond acceptors (Lipinski definition) is 3. The van der Waals surface area contributed by atoms with Crippen LogP contribution in [-0.2, 0) is 17.8 Å². The summed E-state index contributed by atoms with van der Waals surface area (Å²) >= 11 is 1.13. The molecule has 1 N–H and O–H groups in total. The number of carbonyl (C=O) groups is 1. The zero-order valence-electron chi connectivity index (χ0n) is 11.8. The van der Waals surface area contributed by atoms with Gasteiger partial charge in [0.2, 0.25) is 0 Å². The lowest BCUT2D eigenvalue weighted by Gasteiger charge is -2.10. The van der Waals surface area contributed by atoms with Crippen molar-refractivity contribution >= 4 is 17.3 Å². The number of benzene rings is 1. The van der Waals surface area contributed by atoms with E-state index in [-0.39, 0.29) is 11.4 Å². The number of nitrogens with zero attached hydrogens (tertiary/aromatic N) is 1. The molecule has 0 aliphatic rings. The molecule has 1 aromatic carbocycles. The highest BCUT2D eigenvalue weighted by atomic mass is 32.1. The Morgan fingerprint density at radius 1 is 1.30 bits per heavy atom. The van der Waals surface area contributed by atoms with Gasteiger partial charge < -0.3 is 5.11 Å². The van der Waals surface area contributed by atoms with Gasteiger partial charge in [-0.25, -0.2) is 0 Å². The largest absolute Gasteiger partial charge is 0.480 e. The smallest absolute Gasteiger partial charge is 0.323 e. The summed E-state index contributed by atoms with van der Waals surface area (Å²) < 4.78 is 1.36. The third-order valence-electron chi connectivity index (χ3n) is 3.36. The number of carboxylic acid groups (broad SMARTS) is 1. The van der Waals surface area contributed by atoms with Crippen LogP contribution in [0.1, 0.15) is 22.9 Å². The fourth-order valence-electron chi connectivity index (χ4n) is 2.17. The maximum atomic E-state index is 12.0. The van der Waals surface area contributed by atoms with Crippen LogP contribution in [0.5, 0.6) is 0 Å². The third kappa shape index (κ3) is 2.67. The first-order chi connectivity index (χ1) is 9.43. The summed E-state index contributed by atoms with van der Waals surface area (Å²) in [6, 6.07) is 5.95. The van der Waals surface area contributed by atoms with Crippen molar-refractivity contribution in [2.24, 2.45) is 0 Å². The number of aliphatic carboxylic acids is 1. The summed E-state index contributed by atoms with van der Waals surface area (Å²) in [5.74, 6) is -1.00. The molecule has 2 rings (SSSR count). The molecule has 20 heavy (non-hydrogen) atoms. The van der Waals surface area contributed by atoms with Crippen molar-refractivity contribution in [3.8, 4) is 11.3 Å². The highest BCUT2D eigenvalue weighted by molar-refractivity contribution is 7.09. The van der Waals surface area contributed by atoms with Crippen molar-refractivity contribution in [3.63, 3.8) is 0 Å². The highest BCUT2D eigenvalue weighted by Gasteiger charge is 2.17. The van der Waals surface area contributed by atoms with E-state index in [1.54, 1.807) is 0 Å². The van der Waals surface area contributed by atoms with Crippen LogP contribution < -0.4 is 4.87 Å². The van der Waals surface area contributed by atoms with Gasteiger partial charge in [-0.1, -0.05) is 30.4 Å². The number of rotatable bonds is 4. The van der Waals surface area contributed by atoms with Gasteiger partial charge in [0.1, 0.15) is 6.54 Å². The van der Waals surface area contributed by atoms with Crippen LogP contribution in [0.4, 0.5) is 0 Å². The summed E-state index contributed by atoms with van der Waals surface area (Å²) in [6.07, 6.45) is 0.717. The number of thiazole rings is 1. The van der Waals surface area contributed by atoms with E-state index in [0.29, 0.717) is 0 Å². The van der Waals surface area contributed by atoms with Crippen molar-refractivity contribution in [2.45, 2.75) is 33.7 Å². The van der Waals surface area contributed by atoms with Gasteiger partial charge in [-0.3, -0.25) is 14.2 Å². The van der Waals surface area contributed by atoms with E-state index < -0.39 is 5.97 Å². The second-order valence-electron chi connectivity index (χ2n) is 4.77. The van der Waals surface area contributed by atoms with E-state index in [4.69, 9.17) is 5.11 Å². The Hall–Kier alpha value is -1.88. The van der Waals surface area contributed by atoms with Crippen molar-refractivity contribution in [1.82, 2.24) is 4.57 Å². The first-order valence-electron chi connectivity index (χ1n) is 6.46. The van der Waals surface area contributed by atoms with Crippen molar-refractivity contribution in [1.29, 1.82) is 0 Å². The molecule has 0 bridgehead atoms. The highest BCUT2D eigenvalue weighted by Crippen LogP contribution is 2.28. The Balaban J connectivity index is 2.67. The topological polar surface area (TPSA) is 59.3 Å². The molecular weight excluding hydrogens is 274 g/mol. The van der Waals surface area contributed by atoms with Gasteiger partial charge >= 0.3 is 10.8 Å². The van der Waals surface area contributed by atoms with Crippen molar-refractivity contribution < 1.29 is 9.90 Å². The van der Waals surface area contributed by atoms with E-state index in [1.807, 2.05) is 39.0 Å². The van der Waals surface area contributed by atoms with Crippen LogP contribution in [0.2, 0.25) is 0 Å². The second-order valence-corrected chi connectivity index (χ2v) is 5.82. The van der Waals surface area contributed by atoms with Gasteiger partial charge in [-0.2, -0.15) is 0 Å². The molecule has 0 amide bonds. The number of aryl methyl sites for hydroxylation is 3. The molecule has 5 heteroatoms. The lowest BCUT2D eigenvalue weighted by atomic mass is 10.0. The fraction of sp³-hybridized carbons (Fsp3) is 0.333. The predicted molar refractivity (Wildman–Crippen MR) is 80.5 cm³/mol. The Bertz CT molecular complexity index is 712. The Labute approximate surface area is 121 Å². The molecule has 0 saturated carbocycles. The molecule has 0 spiro atoms. The molecule has 0 aliphatic carbocycles. The lowest BCUT2D eigenvalue weighted by molar-refractivity contribution is -0.137. The fourth-order valence-corrected chi connectivity index (χ4v) is 3.12. The van der Waals surface area contributed by atoms with Gasteiger partial charge in [-0.05, 0) is 43.0 Å². The standard InChI is InChI=1S/C15H17NO3S/c1-4-12-14(11-6-5-9(2)10(3)7-11)16(8-13(17)18)15(19)20-12/h5-7H,4,8H2,1-3H3,(H,17,18). The number of aromatic nitrogens is 1. The molecule has 2 aromatic rings. The summed E-state index contributed by atoms with van der Waals surface area (Å²) in [5, 5.41) is 8.99. The Kier molecular flexibility index (Phi) is 4.09. The molecule has 0 aliphatic heterocycles. The molecule has 0 fully saturated rings. The SMILES string of the molecule is CCc1sc(=O)n(CC(=O)O)c1-c1ccc(C)c(C)c1. The molecular formula is C15H17NO3S. The molecule has 106 valence electrons. The lowest BCUT2D eigenvalue weighted by Crippen LogP contribution is -2.19. The normalized spacial score (nSPS) is 10.8. The van der Waals surface area contributed by atoms with Crippen LogP contribution in [-0.4, -0.2) is 15.6 Å². The number of hydrogen-bond donors (Lipinski definition) is 1. The minimum Gasteiger partial charge on any atom is -0.480 e. The zero-order valence-corrected chi connectivity index (χ0v) is 12.6. The van der Waals surface area contributed by atoms with Gasteiger partial charge in [0.15, 0.2) is 0 Å². The van der Waals surface area contributed by atoms with Crippen LogP contribution in [0.15, 0.2) is 23.0 Å². The van der Waals surface area contributed by atoms with Crippen LogP contribution in [0.3, 0.4) is 0 Å². The summed E-state index contributed by atoms with van der Waals surface area (Å²) in [4.78, 5) is 23.7. The zero-order chi connectivity index (χ0) is 14.9. The maximum absolute atomic E-state index is 12.0. The predicted octanol–water partition coefficient (Wildman–Crippen LogP) is 2.84. The van der Waals surface area contributed by atoms with Crippen LogP contribution in [0, 0.1) is 13.8 Å². The Morgan fingerprint density at radius 3 is 2.55 bits per heavy atom. The van der Waals surface area contributed by atoms with Crippen molar-refractivity contribution in [3.05, 3.63) is 43.9 Å². The Morgan fingerprint density at radius 2 is 2.00 bits per heavy atom. The average Bonchev–Trinajstić information content (AvgIpc) is 2.69. The van der Waals surface area contributed by atoms with Gasteiger partial charge in [0, 0.05) is 4.88 Å². The molecule has 0 atom stereocenters. The van der Waals surface area contributed by atoms with Gasteiger partial charge in [-0.15, -0.1) is 0 Å². The second kappa shape index (κ2) is 5.63. The summed E-state index contributed by atoms with van der Waals surface area (Å²) in [5.41, 5.74) is 3.96. The van der Waals surface area contributed by atoms with E-state index in [2.05, 4.69) is 0 Å². The third-order valence-corrected chi connectivity index (χ3v) is 4.48. The molecule has 0 unspecified atom stereocenters. The number of carboxylic acids is 1. The van der Waals surface area contributed by atoms with Crippen molar-refractivity contribution in [2.75, 3.05) is 0 Å². The molecule has 4 nitrogen and oxygen atoms in total. The minimum absolute atomic E-state index is 0.211. The first-order valence-corrected chi connectivity index (χ1v) is 7.27. The quantitative estimate of drug-likeness (QED) is 0.942. The molecule has 0 radical (unpaired) electrons. The summed E-state index contributed by atoms with van der Waals surface area (Å²) in [7, 11) is 0. The van der Waals surface area contributed by atoms with Crippen LogP contribution >= 0.6 is 11.3 Å². The van der Waals surface area contributed by atoms with E-state index in [9.17, 15) is 9.59 Å².